The van der Waals surface area contributed by atoms with Crippen molar-refractivity contribution in [3.8, 4) is 0 Å². The minimum atomic E-state index is 0. The average Bonchev–Trinajstić information content (AvgIpc) is 3.01. The maximum absolute atomic E-state index is 5.67. The van der Waals surface area contributed by atoms with Gasteiger partial charge in [0.15, 0.2) is 5.96 Å². The summed E-state index contributed by atoms with van der Waals surface area (Å²) in [6.45, 7) is 7.76. The molecule has 0 aliphatic carbocycles. The van der Waals surface area contributed by atoms with Gasteiger partial charge in [-0.25, -0.2) is 0 Å². The Morgan fingerprint density at radius 2 is 2.00 bits per heavy atom. The van der Waals surface area contributed by atoms with Crippen molar-refractivity contribution in [1.82, 2.24) is 15.1 Å². The lowest BCUT2D eigenvalue weighted by Crippen LogP contribution is -2.45. The molecule has 2 atom stereocenters. The Kier molecular flexibility index (Phi) is 11.2. The first-order valence-corrected chi connectivity index (χ1v) is 8.93. The second-order valence-electron chi connectivity index (χ2n) is 6.87. The van der Waals surface area contributed by atoms with E-state index in [-0.39, 0.29) is 24.0 Å². The van der Waals surface area contributed by atoms with Crippen molar-refractivity contribution in [2.75, 3.05) is 73.7 Å². The number of guanidine groups is 1. The number of aliphatic imine (C=N–C) groups is 1. The Morgan fingerprint density at radius 1 is 1.17 bits per heavy atom. The molecule has 2 fully saturated rings. The van der Waals surface area contributed by atoms with Crippen LogP contribution in [-0.2, 0) is 9.47 Å². The number of halogens is 1. The fourth-order valence-electron chi connectivity index (χ4n) is 3.56. The summed E-state index contributed by atoms with van der Waals surface area (Å²) in [5.41, 5.74) is 0. The molecule has 0 aromatic rings. The summed E-state index contributed by atoms with van der Waals surface area (Å²) in [4.78, 5) is 9.28. The Hall–Kier alpha value is -0.120. The summed E-state index contributed by atoms with van der Waals surface area (Å²) in [7, 11) is 5.81. The van der Waals surface area contributed by atoms with E-state index in [9.17, 15) is 0 Å². The molecule has 6 nitrogen and oxygen atoms in total. The highest BCUT2D eigenvalue weighted by Crippen LogP contribution is 2.17. The van der Waals surface area contributed by atoms with Crippen LogP contribution in [0.5, 0.6) is 0 Å². The quantitative estimate of drug-likeness (QED) is 0.274. The molecule has 24 heavy (non-hydrogen) atoms. The van der Waals surface area contributed by atoms with Gasteiger partial charge >= 0.3 is 0 Å². The van der Waals surface area contributed by atoms with Gasteiger partial charge in [-0.05, 0) is 38.8 Å². The number of ether oxygens (including phenoxy) is 2. The minimum Gasteiger partial charge on any atom is -0.382 e. The van der Waals surface area contributed by atoms with E-state index < -0.39 is 0 Å². The predicted octanol–water partition coefficient (Wildman–Crippen LogP) is 1.51. The van der Waals surface area contributed by atoms with Crippen molar-refractivity contribution in [1.29, 1.82) is 0 Å². The third-order valence-corrected chi connectivity index (χ3v) is 4.85. The van der Waals surface area contributed by atoms with Crippen molar-refractivity contribution < 1.29 is 9.47 Å². The van der Waals surface area contributed by atoms with Gasteiger partial charge in [-0.15, -0.1) is 24.0 Å². The SMILES string of the molecule is CN=C(NCC1CCCN(C)C1)N1CCC(COCCOC)C1.I. The second-order valence-corrected chi connectivity index (χ2v) is 6.87. The third kappa shape index (κ3) is 7.41. The van der Waals surface area contributed by atoms with E-state index in [0.717, 1.165) is 38.1 Å². The number of piperidine rings is 1. The lowest BCUT2D eigenvalue weighted by atomic mass is 9.99. The lowest BCUT2D eigenvalue weighted by Gasteiger charge is -2.31. The zero-order valence-electron chi connectivity index (χ0n) is 15.5. The Balaban J connectivity index is 0.00000288. The van der Waals surface area contributed by atoms with Gasteiger partial charge in [0.25, 0.3) is 0 Å². The molecule has 0 aromatic carbocycles. The number of nitrogens with one attached hydrogen (secondary N) is 1. The summed E-state index contributed by atoms with van der Waals surface area (Å²) >= 11 is 0. The summed E-state index contributed by atoms with van der Waals surface area (Å²) in [5, 5.41) is 3.59. The van der Waals surface area contributed by atoms with Crippen LogP contribution in [0, 0.1) is 11.8 Å². The molecule has 142 valence electrons. The molecule has 7 heteroatoms. The monoisotopic (exact) mass is 454 g/mol. The van der Waals surface area contributed by atoms with E-state index in [2.05, 4.69) is 27.2 Å². The van der Waals surface area contributed by atoms with Crippen LogP contribution in [0.25, 0.3) is 0 Å². The van der Waals surface area contributed by atoms with Crippen LogP contribution in [0.3, 0.4) is 0 Å². The van der Waals surface area contributed by atoms with Crippen molar-refractivity contribution in [3.63, 3.8) is 0 Å². The zero-order valence-corrected chi connectivity index (χ0v) is 17.8. The van der Waals surface area contributed by atoms with Gasteiger partial charge in [0.2, 0.25) is 0 Å². The molecule has 1 N–H and O–H groups in total. The molecule has 0 aromatic heterocycles. The topological polar surface area (TPSA) is 49.3 Å². The van der Waals surface area contributed by atoms with Crippen molar-refractivity contribution in [2.45, 2.75) is 19.3 Å². The van der Waals surface area contributed by atoms with Crippen LogP contribution in [-0.4, -0.2) is 89.5 Å². The number of likely N-dealkylation sites (tertiary alicyclic amines) is 2. The summed E-state index contributed by atoms with van der Waals surface area (Å²) in [6, 6.07) is 0. The van der Waals surface area contributed by atoms with E-state index >= 15 is 0 Å². The molecule has 0 amide bonds. The smallest absolute Gasteiger partial charge is 0.193 e. The van der Waals surface area contributed by atoms with Crippen LogP contribution in [0.2, 0.25) is 0 Å². The van der Waals surface area contributed by atoms with E-state index in [1.165, 1.54) is 32.4 Å². The Bertz CT molecular complexity index is 370. The maximum atomic E-state index is 5.67. The number of hydrogen-bond donors (Lipinski definition) is 1. The molecule has 2 aliphatic heterocycles. The molecule has 0 spiro atoms. The van der Waals surface area contributed by atoms with Gasteiger partial charge in [0.1, 0.15) is 0 Å². The number of nitrogens with zero attached hydrogens (tertiary/aromatic N) is 3. The second kappa shape index (κ2) is 12.3. The molecule has 0 bridgehead atoms. The zero-order chi connectivity index (χ0) is 16.5. The van der Waals surface area contributed by atoms with Gasteiger partial charge in [-0.2, -0.15) is 0 Å². The molecule has 2 rings (SSSR count). The van der Waals surface area contributed by atoms with Crippen LogP contribution in [0.15, 0.2) is 4.99 Å². The molecule has 0 radical (unpaired) electrons. The van der Waals surface area contributed by atoms with E-state index in [0.29, 0.717) is 19.1 Å². The van der Waals surface area contributed by atoms with E-state index in [1.54, 1.807) is 7.11 Å². The van der Waals surface area contributed by atoms with Gasteiger partial charge < -0.3 is 24.6 Å². The Morgan fingerprint density at radius 3 is 2.71 bits per heavy atom. The average molecular weight is 454 g/mol. The predicted molar refractivity (Wildman–Crippen MR) is 109 cm³/mol. The van der Waals surface area contributed by atoms with Crippen LogP contribution in [0.4, 0.5) is 0 Å². The highest BCUT2D eigenvalue weighted by Gasteiger charge is 2.25. The first kappa shape index (κ1) is 21.9. The van der Waals surface area contributed by atoms with Crippen molar-refractivity contribution in [3.05, 3.63) is 0 Å². The largest absolute Gasteiger partial charge is 0.382 e. The van der Waals surface area contributed by atoms with Crippen molar-refractivity contribution >= 4 is 29.9 Å². The normalized spacial score (nSPS) is 25.6. The highest BCUT2D eigenvalue weighted by atomic mass is 127. The van der Waals surface area contributed by atoms with Crippen LogP contribution >= 0.6 is 24.0 Å². The number of rotatable bonds is 7. The minimum absolute atomic E-state index is 0. The summed E-state index contributed by atoms with van der Waals surface area (Å²) < 4.78 is 10.7. The highest BCUT2D eigenvalue weighted by molar-refractivity contribution is 14.0. The fourth-order valence-corrected chi connectivity index (χ4v) is 3.56. The molecule has 2 unspecified atom stereocenters. The van der Waals surface area contributed by atoms with Crippen LogP contribution in [0.1, 0.15) is 19.3 Å². The van der Waals surface area contributed by atoms with Gasteiger partial charge in [-0.1, -0.05) is 0 Å². The third-order valence-electron chi connectivity index (χ3n) is 4.85. The first-order valence-electron chi connectivity index (χ1n) is 8.93. The molecule has 0 saturated carbocycles. The van der Waals surface area contributed by atoms with Crippen molar-refractivity contribution in [2.24, 2.45) is 16.8 Å². The lowest BCUT2D eigenvalue weighted by molar-refractivity contribution is 0.0536. The molecular formula is C17H35IN4O2. The first-order chi connectivity index (χ1) is 11.2. The van der Waals surface area contributed by atoms with Gasteiger partial charge in [-0.3, -0.25) is 4.99 Å². The number of methoxy groups -OCH3 is 1. The Labute approximate surface area is 164 Å². The number of hydrogen-bond acceptors (Lipinski definition) is 4. The maximum Gasteiger partial charge on any atom is 0.193 e. The standard InChI is InChI=1S/C17H34N4O2.HI/c1-18-17(19-11-15-5-4-7-20(2)12-15)21-8-6-16(13-21)14-23-10-9-22-3;/h15-16H,4-14H2,1-3H3,(H,18,19);1H. The van der Waals surface area contributed by atoms with E-state index in [1.807, 2.05) is 7.05 Å². The van der Waals surface area contributed by atoms with Gasteiger partial charge in [0.05, 0.1) is 19.8 Å². The summed E-state index contributed by atoms with van der Waals surface area (Å²) in [5.74, 6) is 2.39. The van der Waals surface area contributed by atoms with E-state index in [4.69, 9.17) is 9.47 Å². The summed E-state index contributed by atoms with van der Waals surface area (Å²) in [6.07, 6.45) is 3.82. The van der Waals surface area contributed by atoms with Gasteiger partial charge in [0, 0.05) is 46.3 Å². The molecule has 2 aliphatic rings. The molecule has 2 saturated heterocycles. The molecule has 2 heterocycles. The van der Waals surface area contributed by atoms with Crippen LogP contribution < -0.4 is 5.32 Å². The molecular weight excluding hydrogens is 419 g/mol. The fraction of sp³-hybridized carbons (Fsp3) is 0.941.